The number of aryl methyl sites for hydroxylation is 1. The first kappa shape index (κ1) is 57.1. The molecular formula is C45H59NO25. The average molecular weight is 1010 g/mol. The lowest BCUT2D eigenvalue weighted by Crippen LogP contribution is -2.69. The summed E-state index contributed by atoms with van der Waals surface area (Å²) in [5.74, 6) is -9.32. The molecule has 0 aromatic heterocycles. The maximum Gasteiger partial charge on any atom is 0.303 e. The molecule has 1 unspecified atom stereocenters. The van der Waals surface area contributed by atoms with Gasteiger partial charge in [-0.05, 0) is 19.1 Å². The van der Waals surface area contributed by atoms with E-state index in [9.17, 15) is 47.9 Å². The molecule has 3 aliphatic rings. The van der Waals surface area contributed by atoms with Crippen molar-refractivity contribution < 1.29 is 119 Å². The molecule has 1 N–H and O–H groups in total. The summed E-state index contributed by atoms with van der Waals surface area (Å²) in [6, 6.07) is 6.85. The highest BCUT2D eigenvalue weighted by atomic mass is 16.8. The highest BCUT2D eigenvalue weighted by molar-refractivity contribution is 5.70. The van der Waals surface area contributed by atoms with E-state index in [1.54, 1.807) is 24.3 Å². The molecule has 0 saturated carbocycles. The van der Waals surface area contributed by atoms with Gasteiger partial charge in [-0.25, -0.2) is 0 Å². The number of hydrogen-bond donors (Lipinski definition) is 1. The van der Waals surface area contributed by atoms with E-state index in [0.29, 0.717) is 5.69 Å². The van der Waals surface area contributed by atoms with Crippen molar-refractivity contribution in [2.45, 2.75) is 168 Å². The van der Waals surface area contributed by atoms with Gasteiger partial charge < -0.3 is 76.4 Å². The van der Waals surface area contributed by atoms with E-state index in [0.717, 1.165) is 74.8 Å². The van der Waals surface area contributed by atoms with E-state index in [2.05, 4.69) is 5.32 Å². The maximum atomic E-state index is 13.2. The number of hydrogen-bond acceptors (Lipinski definition) is 26. The molecule has 0 bridgehead atoms. The summed E-state index contributed by atoms with van der Waals surface area (Å²) in [5.41, 5.74) is 1.30. The van der Waals surface area contributed by atoms with E-state index in [4.69, 9.17) is 71.1 Å². The Hall–Kier alpha value is -6.48. The van der Waals surface area contributed by atoms with Gasteiger partial charge in [0.2, 0.25) is 0 Å². The zero-order valence-electron chi connectivity index (χ0n) is 40.8. The van der Waals surface area contributed by atoms with Gasteiger partial charge in [0.15, 0.2) is 61.5 Å². The Kier molecular flexibility index (Phi) is 21.0. The minimum absolute atomic E-state index is 0.421. The van der Waals surface area contributed by atoms with Gasteiger partial charge in [0.05, 0.1) is 0 Å². The molecule has 4 rings (SSSR count). The molecule has 15 atom stereocenters. The van der Waals surface area contributed by atoms with Crippen LogP contribution in [-0.2, 0) is 119 Å². The Balaban J connectivity index is 1.99. The molecule has 394 valence electrons. The van der Waals surface area contributed by atoms with Crippen LogP contribution in [0.3, 0.4) is 0 Å². The Morgan fingerprint density at radius 3 is 1.04 bits per heavy atom. The number of esters is 10. The fourth-order valence-electron chi connectivity index (χ4n) is 7.72. The van der Waals surface area contributed by atoms with Crippen molar-refractivity contribution in [2.24, 2.45) is 0 Å². The van der Waals surface area contributed by atoms with E-state index >= 15 is 0 Å². The first-order valence-corrected chi connectivity index (χ1v) is 22.0. The van der Waals surface area contributed by atoms with Crippen molar-refractivity contribution in [3.63, 3.8) is 0 Å². The molecule has 26 heteroatoms. The summed E-state index contributed by atoms with van der Waals surface area (Å²) >= 11 is 0. The summed E-state index contributed by atoms with van der Waals surface area (Å²) in [6.07, 6.45) is -26.3. The molecule has 3 aliphatic heterocycles. The standard InChI is InChI=1S/C45H59NO25/c1-19-12-14-30(15-13-19)46-43-40(64-27(9)54)37(34(60-23(5)50)31(67-43)16-57-20(2)47)70-45-42(66-29(11)56)39(36(62-25(7)52)33(69-45)18-59-22(4)49)71-44-41(65-28(10)55)38(63-26(8)53)35(61-24(6)51)32(68-44)17-58-21(3)48/h12-15,31-46H,16-18H2,1-11H3/t31-,32-,33-,34-,35-,36-,37+,38+,39+,40-,41-,42-,43?,44+,45+/m1/s1. The molecule has 3 heterocycles. The predicted octanol–water partition coefficient (Wildman–Crippen LogP) is 0.563. The first-order chi connectivity index (χ1) is 33.3. The van der Waals surface area contributed by atoms with Crippen molar-refractivity contribution >= 4 is 65.4 Å². The Morgan fingerprint density at radius 2 is 0.676 bits per heavy atom. The fourth-order valence-corrected chi connectivity index (χ4v) is 7.72. The zero-order valence-corrected chi connectivity index (χ0v) is 40.8. The summed E-state index contributed by atoms with van der Waals surface area (Å²) in [6.45, 7) is 10.0. The molecule has 1 aromatic rings. The number of nitrogens with one attached hydrogen (secondary N) is 1. The summed E-state index contributed by atoms with van der Waals surface area (Å²) in [4.78, 5) is 126. The van der Waals surface area contributed by atoms with Gasteiger partial charge >= 0.3 is 59.7 Å². The number of carbonyl (C=O) groups excluding carboxylic acids is 10. The largest absolute Gasteiger partial charge is 0.463 e. The van der Waals surface area contributed by atoms with Crippen LogP contribution in [0.5, 0.6) is 0 Å². The second kappa shape index (κ2) is 26.1. The third-order valence-corrected chi connectivity index (χ3v) is 10.2. The van der Waals surface area contributed by atoms with Crippen LogP contribution in [0.1, 0.15) is 74.8 Å². The van der Waals surface area contributed by atoms with Gasteiger partial charge in [0.25, 0.3) is 0 Å². The minimum Gasteiger partial charge on any atom is -0.463 e. The third-order valence-electron chi connectivity index (χ3n) is 10.2. The van der Waals surface area contributed by atoms with E-state index in [1.807, 2.05) is 6.92 Å². The maximum absolute atomic E-state index is 13.2. The van der Waals surface area contributed by atoms with Crippen LogP contribution < -0.4 is 5.32 Å². The normalized spacial score (nSPS) is 30.2. The summed E-state index contributed by atoms with van der Waals surface area (Å²) in [7, 11) is 0. The van der Waals surface area contributed by atoms with Crippen LogP contribution in [-0.4, -0.2) is 172 Å². The van der Waals surface area contributed by atoms with Gasteiger partial charge in [-0.1, -0.05) is 17.7 Å². The SMILES string of the molecule is CC(=O)OC[C@H]1O[C@@H](O[C@@H]2[C@@H](OC(C)=O)[C@H](O[C@H]3[C@H](OC(C)=O)[C@@H](COC(C)=O)OC(Nc4ccc(C)cc4)[C@@H]3OC(C)=O)O[C@H](COC(C)=O)[C@H]2OC(C)=O)[C@H](OC(C)=O)[C@@H](OC(C)=O)[C@@H]1OC(C)=O. The van der Waals surface area contributed by atoms with E-state index < -0.39 is 172 Å². The van der Waals surface area contributed by atoms with Crippen molar-refractivity contribution in [1.82, 2.24) is 0 Å². The molecule has 71 heavy (non-hydrogen) atoms. The minimum atomic E-state index is -2.05. The fraction of sp³-hybridized carbons (Fsp3) is 0.644. The lowest BCUT2D eigenvalue weighted by atomic mass is 9.94. The first-order valence-electron chi connectivity index (χ1n) is 22.0. The van der Waals surface area contributed by atoms with Gasteiger partial charge in [0.1, 0.15) is 50.3 Å². The average Bonchev–Trinajstić information content (AvgIpc) is 3.24. The lowest BCUT2D eigenvalue weighted by Gasteiger charge is -2.50. The van der Waals surface area contributed by atoms with Gasteiger partial charge in [0, 0.05) is 74.9 Å². The molecule has 26 nitrogen and oxygen atoms in total. The highest BCUT2D eigenvalue weighted by Gasteiger charge is 2.60. The molecule has 0 spiro atoms. The van der Waals surface area contributed by atoms with Crippen molar-refractivity contribution in [3.05, 3.63) is 29.8 Å². The topological polar surface area (TPSA) is 321 Å². The third kappa shape index (κ3) is 17.1. The second-order valence-electron chi connectivity index (χ2n) is 16.3. The number of carbonyl (C=O) groups is 10. The highest BCUT2D eigenvalue weighted by Crippen LogP contribution is 2.38. The van der Waals surface area contributed by atoms with Crippen LogP contribution in [0, 0.1) is 6.92 Å². The molecule has 0 radical (unpaired) electrons. The lowest BCUT2D eigenvalue weighted by molar-refractivity contribution is -0.374. The van der Waals surface area contributed by atoms with Gasteiger partial charge in [-0.2, -0.15) is 0 Å². The van der Waals surface area contributed by atoms with Crippen LogP contribution in [0.2, 0.25) is 0 Å². The molecule has 0 aliphatic carbocycles. The van der Waals surface area contributed by atoms with Crippen LogP contribution >= 0.6 is 0 Å². The summed E-state index contributed by atoms with van der Waals surface area (Å²) in [5, 5.41) is 3.09. The quantitative estimate of drug-likeness (QED) is 0.146. The second-order valence-corrected chi connectivity index (χ2v) is 16.3. The molecule has 1 aromatic carbocycles. The number of benzene rings is 1. The molecule has 3 fully saturated rings. The number of ether oxygens (including phenoxy) is 15. The van der Waals surface area contributed by atoms with E-state index in [1.165, 1.54) is 0 Å². The summed E-state index contributed by atoms with van der Waals surface area (Å²) < 4.78 is 87.4. The van der Waals surface area contributed by atoms with Crippen LogP contribution in [0.15, 0.2) is 24.3 Å². The monoisotopic (exact) mass is 1010 g/mol. The number of anilines is 1. The number of rotatable bonds is 19. The Labute approximate surface area is 407 Å². The van der Waals surface area contributed by atoms with Gasteiger partial charge in [-0.3, -0.25) is 47.9 Å². The molecule has 0 amide bonds. The molecular weight excluding hydrogens is 954 g/mol. The van der Waals surface area contributed by atoms with Crippen molar-refractivity contribution in [2.75, 3.05) is 25.1 Å². The van der Waals surface area contributed by atoms with Crippen LogP contribution in [0.25, 0.3) is 0 Å². The van der Waals surface area contributed by atoms with Crippen molar-refractivity contribution in [1.29, 1.82) is 0 Å². The Morgan fingerprint density at radius 1 is 0.380 bits per heavy atom. The van der Waals surface area contributed by atoms with Crippen molar-refractivity contribution in [3.8, 4) is 0 Å². The zero-order chi connectivity index (χ0) is 52.9. The van der Waals surface area contributed by atoms with Crippen LogP contribution in [0.4, 0.5) is 5.69 Å². The molecule has 3 saturated heterocycles. The predicted molar refractivity (Wildman–Crippen MR) is 229 cm³/mol. The van der Waals surface area contributed by atoms with E-state index in [-0.39, 0.29) is 0 Å². The smallest absolute Gasteiger partial charge is 0.303 e. The Bertz CT molecular complexity index is 2100. The van der Waals surface area contributed by atoms with Gasteiger partial charge in [-0.15, -0.1) is 0 Å².